The lowest BCUT2D eigenvalue weighted by molar-refractivity contribution is -0.121. The van der Waals surface area contributed by atoms with E-state index in [-0.39, 0.29) is 16.5 Å². The molecule has 0 aliphatic rings. The Hall–Kier alpha value is -2.37. The van der Waals surface area contributed by atoms with Crippen molar-refractivity contribution in [2.45, 2.75) is 71.1 Å². The van der Waals surface area contributed by atoms with E-state index in [0.29, 0.717) is 17.2 Å². The number of hydrogen-bond donors (Lipinski definition) is 1. The minimum Gasteiger partial charge on any atom is -0.423 e. The fourth-order valence-electron chi connectivity index (χ4n) is 3.27. The van der Waals surface area contributed by atoms with Crippen LogP contribution < -0.4 is 10.2 Å². The van der Waals surface area contributed by atoms with Crippen LogP contribution in [-0.4, -0.2) is 18.1 Å². The van der Waals surface area contributed by atoms with Crippen molar-refractivity contribution in [2.75, 3.05) is 0 Å². The van der Waals surface area contributed by atoms with Gasteiger partial charge in [-0.3, -0.25) is 4.79 Å². The van der Waals surface area contributed by atoms with Gasteiger partial charge < -0.3 is 4.74 Å². The average molecular weight is 491 g/mol. The summed E-state index contributed by atoms with van der Waals surface area (Å²) in [5, 5.41) is 4.67. The number of nitrogens with one attached hydrogen (secondary N) is 1. The lowest BCUT2D eigenvalue weighted by atomic mass is 10.1. The summed E-state index contributed by atoms with van der Waals surface area (Å²) in [6, 6.07) is 11.4. The molecule has 0 fully saturated rings. The van der Waals surface area contributed by atoms with Gasteiger partial charge in [-0.05, 0) is 54.4 Å². The first-order chi connectivity index (χ1) is 16.0. The zero-order chi connectivity index (χ0) is 23.9. The second-order valence-electron chi connectivity index (χ2n) is 7.95. The second kappa shape index (κ2) is 15.5. The van der Waals surface area contributed by atoms with Gasteiger partial charge in [0.15, 0.2) is 0 Å². The number of nitrogens with zero attached hydrogens (tertiary/aromatic N) is 1. The molecule has 2 aromatic rings. The van der Waals surface area contributed by atoms with E-state index in [1.54, 1.807) is 36.5 Å². The molecule has 178 valence electrons. The number of carbonyl (C=O) groups excluding carboxylic acids is 2. The number of hydrogen-bond acceptors (Lipinski definition) is 4. The number of carbonyl (C=O) groups is 2. The van der Waals surface area contributed by atoms with Gasteiger partial charge >= 0.3 is 5.97 Å². The maximum atomic E-state index is 12.3. The molecule has 7 heteroatoms. The van der Waals surface area contributed by atoms with Crippen LogP contribution in [0.3, 0.4) is 0 Å². The van der Waals surface area contributed by atoms with Crippen molar-refractivity contribution in [3.63, 3.8) is 0 Å². The third kappa shape index (κ3) is 10.9. The van der Waals surface area contributed by atoms with Gasteiger partial charge in [-0.2, -0.15) is 5.10 Å². The third-order valence-electron chi connectivity index (χ3n) is 5.15. The molecule has 0 spiro atoms. The minimum atomic E-state index is -0.568. The molecule has 33 heavy (non-hydrogen) atoms. The normalized spacial score (nSPS) is 11.0. The zero-order valence-corrected chi connectivity index (χ0v) is 20.6. The Balaban J connectivity index is 1.65. The number of benzene rings is 2. The Kier molecular flexibility index (Phi) is 12.6. The molecule has 0 unspecified atom stereocenters. The van der Waals surface area contributed by atoms with Crippen LogP contribution in [0.15, 0.2) is 47.6 Å². The van der Waals surface area contributed by atoms with Crippen molar-refractivity contribution < 1.29 is 14.3 Å². The second-order valence-corrected chi connectivity index (χ2v) is 8.80. The number of unbranched alkanes of at least 4 members (excludes halogenated alkanes) is 8. The predicted molar refractivity (Wildman–Crippen MR) is 135 cm³/mol. The monoisotopic (exact) mass is 490 g/mol. The average Bonchev–Trinajstić information content (AvgIpc) is 2.79. The summed E-state index contributed by atoms with van der Waals surface area (Å²) in [7, 11) is 0. The van der Waals surface area contributed by atoms with E-state index in [2.05, 4.69) is 17.5 Å². The first-order valence-corrected chi connectivity index (χ1v) is 12.3. The maximum absolute atomic E-state index is 12.3. The van der Waals surface area contributed by atoms with Gasteiger partial charge in [-0.25, -0.2) is 10.2 Å². The maximum Gasteiger partial charge on any atom is 0.345 e. The van der Waals surface area contributed by atoms with Crippen molar-refractivity contribution in [1.82, 2.24) is 5.43 Å². The molecular formula is C26H32Cl2N2O3. The largest absolute Gasteiger partial charge is 0.423 e. The van der Waals surface area contributed by atoms with Gasteiger partial charge in [0.25, 0.3) is 0 Å². The van der Waals surface area contributed by atoms with Crippen molar-refractivity contribution in [1.29, 1.82) is 0 Å². The molecule has 0 aliphatic carbocycles. The van der Waals surface area contributed by atoms with Crippen LogP contribution in [-0.2, 0) is 4.79 Å². The molecule has 5 nitrogen and oxygen atoms in total. The molecule has 2 aromatic carbocycles. The van der Waals surface area contributed by atoms with Gasteiger partial charge in [-0.15, -0.1) is 0 Å². The smallest absolute Gasteiger partial charge is 0.345 e. The SMILES string of the molecule is CCCCCCCCCCCC(=O)N/N=C\c1ccc(OC(=O)c2ccc(Cl)cc2Cl)cc1. The van der Waals surface area contributed by atoms with E-state index in [9.17, 15) is 9.59 Å². The molecule has 0 aliphatic heterocycles. The van der Waals surface area contributed by atoms with E-state index in [1.165, 1.54) is 57.1 Å². The molecular weight excluding hydrogens is 459 g/mol. The van der Waals surface area contributed by atoms with Gasteiger partial charge in [0.05, 0.1) is 16.8 Å². The van der Waals surface area contributed by atoms with Crippen molar-refractivity contribution in [3.05, 3.63) is 63.6 Å². The Morgan fingerprint density at radius 2 is 1.55 bits per heavy atom. The number of rotatable bonds is 14. The van der Waals surface area contributed by atoms with Crippen molar-refractivity contribution in [2.24, 2.45) is 5.10 Å². The Bertz CT molecular complexity index is 914. The molecule has 1 amide bonds. The molecule has 0 heterocycles. The van der Waals surface area contributed by atoms with Crippen LogP contribution in [0, 0.1) is 0 Å². The zero-order valence-electron chi connectivity index (χ0n) is 19.1. The van der Waals surface area contributed by atoms with Gasteiger partial charge in [-0.1, -0.05) is 81.5 Å². The Labute approximate surface area is 206 Å². The molecule has 0 aromatic heterocycles. The summed E-state index contributed by atoms with van der Waals surface area (Å²) < 4.78 is 5.33. The number of hydrazone groups is 1. The summed E-state index contributed by atoms with van der Waals surface area (Å²) >= 11 is 11.9. The summed E-state index contributed by atoms with van der Waals surface area (Å²) in [6.45, 7) is 2.23. The van der Waals surface area contributed by atoms with Gasteiger partial charge in [0, 0.05) is 11.4 Å². The number of halogens is 2. The summed E-state index contributed by atoms with van der Waals surface area (Å²) in [4.78, 5) is 24.1. The van der Waals surface area contributed by atoms with E-state index >= 15 is 0 Å². The van der Waals surface area contributed by atoms with Crippen LogP contribution in [0.2, 0.25) is 10.0 Å². The van der Waals surface area contributed by atoms with Gasteiger partial charge in [0.1, 0.15) is 5.75 Å². The standard InChI is InChI=1S/C26H32Cl2N2O3/c1-2-3-4-5-6-7-8-9-10-11-25(31)30-29-19-20-12-15-22(16-13-20)33-26(32)23-17-14-21(27)18-24(23)28/h12-19H,2-11H2,1H3,(H,30,31)/b29-19-. The molecule has 0 saturated carbocycles. The highest BCUT2D eigenvalue weighted by Crippen LogP contribution is 2.23. The Morgan fingerprint density at radius 3 is 2.18 bits per heavy atom. The van der Waals surface area contributed by atoms with E-state index in [0.717, 1.165) is 18.4 Å². The molecule has 2 rings (SSSR count). The van der Waals surface area contributed by atoms with Crippen LogP contribution in [0.5, 0.6) is 5.75 Å². The fraction of sp³-hybridized carbons (Fsp3) is 0.423. The van der Waals surface area contributed by atoms with Crippen LogP contribution in [0.4, 0.5) is 0 Å². The molecule has 0 radical (unpaired) electrons. The fourth-order valence-corrected chi connectivity index (χ4v) is 3.76. The minimum absolute atomic E-state index is 0.0837. The number of ether oxygens (including phenoxy) is 1. The summed E-state index contributed by atoms with van der Waals surface area (Å²) in [5.41, 5.74) is 3.56. The van der Waals surface area contributed by atoms with E-state index < -0.39 is 5.97 Å². The Morgan fingerprint density at radius 1 is 0.909 bits per heavy atom. The summed E-state index contributed by atoms with van der Waals surface area (Å²) in [6.07, 6.45) is 13.0. The van der Waals surface area contributed by atoms with Crippen LogP contribution in [0.1, 0.15) is 87.1 Å². The van der Waals surface area contributed by atoms with Crippen LogP contribution in [0.25, 0.3) is 0 Å². The van der Waals surface area contributed by atoms with E-state index in [1.807, 2.05) is 0 Å². The van der Waals surface area contributed by atoms with Gasteiger partial charge in [0.2, 0.25) is 5.91 Å². The first kappa shape index (κ1) is 26.9. The van der Waals surface area contributed by atoms with Crippen molar-refractivity contribution >= 4 is 41.3 Å². The molecule has 0 bridgehead atoms. The topological polar surface area (TPSA) is 67.8 Å². The lowest BCUT2D eigenvalue weighted by Crippen LogP contribution is -2.16. The lowest BCUT2D eigenvalue weighted by Gasteiger charge is -2.06. The highest BCUT2D eigenvalue weighted by atomic mass is 35.5. The number of amides is 1. The van der Waals surface area contributed by atoms with E-state index in [4.69, 9.17) is 27.9 Å². The summed E-state index contributed by atoms with van der Waals surface area (Å²) in [5.74, 6) is -0.279. The highest BCUT2D eigenvalue weighted by molar-refractivity contribution is 6.36. The highest BCUT2D eigenvalue weighted by Gasteiger charge is 2.13. The third-order valence-corrected chi connectivity index (χ3v) is 5.70. The molecule has 1 N–H and O–H groups in total. The first-order valence-electron chi connectivity index (χ1n) is 11.6. The molecule has 0 saturated heterocycles. The van der Waals surface area contributed by atoms with Crippen molar-refractivity contribution in [3.8, 4) is 5.75 Å². The number of esters is 1. The predicted octanol–water partition coefficient (Wildman–Crippen LogP) is 7.58. The van der Waals surface area contributed by atoms with Crippen LogP contribution >= 0.6 is 23.2 Å². The quantitative estimate of drug-likeness (QED) is 0.0974. The molecule has 0 atom stereocenters.